The largest absolute Gasteiger partial charge is 0.494 e. The van der Waals surface area contributed by atoms with Crippen LogP contribution in [0.1, 0.15) is 12.6 Å². The van der Waals surface area contributed by atoms with Crippen molar-refractivity contribution in [2.45, 2.75) is 19.5 Å². The molecule has 1 fully saturated rings. The van der Waals surface area contributed by atoms with Gasteiger partial charge >= 0.3 is 0 Å². The van der Waals surface area contributed by atoms with E-state index >= 15 is 0 Å². The van der Waals surface area contributed by atoms with Crippen molar-refractivity contribution in [3.63, 3.8) is 0 Å². The predicted octanol–water partition coefficient (Wildman–Crippen LogP) is 2.08. The van der Waals surface area contributed by atoms with E-state index < -0.39 is 0 Å². The molecule has 1 aromatic heterocycles. The monoisotopic (exact) mass is 322 g/mol. The highest BCUT2D eigenvalue weighted by Crippen LogP contribution is 2.24. The molecular formula is C16H23ClN4O. The summed E-state index contributed by atoms with van der Waals surface area (Å²) in [5, 5.41) is 4.45. The topological polar surface area (TPSA) is 56.3 Å². The normalized spacial score (nSPS) is 21.6. The lowest BCUT2D eigenvalue weighted by molar-refractivity contribution is 0.311. The molecule has 0 spiro atoms. The van der Waals surface area contributed by atoms with Gasteiger partial charge in [0.05, 0.1) is 12.8 Å². The number of likely N-dealkylation sites (tertiary alicyclic amines) is 1. The second-order valence-corrected chi connectivity index (χ2v) is 5.74. The third kappa shape index (κ3) is 3.27. The van der Waals surface area contributed by atoms with Crippen molar-refractivity contribution in [2.75, 3.05) is 20.2 Å². The van der Waals surface area contributed by atoms with Crippen LogP contribution in [0, 0.1) is 5.92 Å². The van der Waals surface area contributed by atoms with E-state index in [9.17, 15) is 0 Å². The highest BCUT2D eigenvalue weighted by molar-refractivity contribution is 5.85. The standard InChI is InChI=1S/C16H22N4O.ClH/c1-12-9-19(11-14(12)17)10-13-7-8-18-20(13)15-5-3-4-6-16(15)21-2;/h3-8,12,14H,9-11,17H2,1-2H3;1H. The van der Waals surface area contributed by atoms with Crippen LogP contribution < -0.4 is 10.5 Å². The first-order chi connectivity index (χ1) is 10.2. The number of aromatic nitrogens is 2. The molecule has 5 nitrogen and oxygen atoms in total. The molecule has 120 valence electrons. The van der Waals surface area contributed by atoms with Crippen LogP contribution in [0.5, 0.6) is 5.75 Å². The maximum Gasteiger partial charge on any atom is 0.144 e. The molecule has 1 aliphatic heterocycles. The second-order valence-electron chi connectivity index (χ2n) is 5.74. The van der Waals surface area contributed by atoms with Gasteiger partial charge in [0.15, 0.2) is 0 Å². The Morgan fingerprint density at radius 3 is 2.73 bits per heavy atom. The highest BCUT2D eigenvalue weighted by atomic mass is 35.5. The molecule has 2 aromatic rings. The number of halogens is 1. The summed E-state index contributed by atoms with van der Waals surface area (Å²) in [6.45, 7) is 5.05. The minimum atomic E-state index is 0. The number of para-hydroxylation sites is 2. The lowest BCUT2D eigenvalue weighted by atomic mass is 10.1. The molecule has 0 aliphatic carbocycles. The number of benzene rings is 1. The van der Waals surface area contributed by atoms with Crippen molar-refractivity contribution in [2.24, 2.45) is 11.7 Å². The fraction of sp³-hybridized carbons (Fsp3) is 0.438. The minimum Gasteiger partial charge on any atom is -0.494 e. The zero-order valence-electron chi connectivity index (χ0n) is 13.0. The van der Waals surface area contributed by atoms with Crippen LogP contribution >= 0.6 is 12.4 Å². The number of hydrogen-bond donors (Lipinski definition) is 1. The van der Waals surface area contributed by atoms with Gasteiger partial charge in [-0.05, 0) is 24.1 Å². The molecule has 2 N–H and O–H groups in total. The smallest absolute Gasteiger partial charge is 0.144 e. The van der Waals surface area contributed by atoms with Crippen molar-refractivity contribution in [1.82, 2.24) is 14.7 Å². The zero-order valence-corrected chi connectivity index (χ0v) is 13.8. The molecule has 6 heteroatoms. The van der Waals surface area contributed by atoms with Crippen LogP contribution in [0.3, 0.4) is 0 Å². The molecule has 2 heterocycles. The van der Waals surface area contributed by atoms with Crippen molar-refractivity contribution in [1.29, 1.82) is 0 Å². The Labute approximate surface area is 137 Å². The van der Waals surface area contributed by atoms with E-state index in [1.807, 2.05) is 35.1 Å². The molecule has 2 unspecified atom stereocenters. The molecule has 0 radical (unpaired) electrons. The molecule has 1 saturated heterocycles. The summed E-state index contributed by atoms with van der Waals surface area (Å²) in [4.78, 5) is 2.39. The molecule has 1 aliphatic rings. The van der Waals surface area contributed by atoms with Crippen molar-refractivity contribution in [3.05, 3.63) is 42.2 Å². The van der Waals surface area contributed by atoms with Gasteiger partial charge in [-0.1, -0.05) is 19.1 Å². The number of nitrogens with zero attached hydrogens (tertiary/aromatic N) is 3. The fourth-order valence-corrected chi connectivity index (χ4v) is 2.93. The van der Waals surface area contributed by atoms with E-state index in [4.69, 9.17) is 10.5 Å². The first kappa shape index (κ1) is 16.8. The van der Waals surface area contributed by atoms with Gasteiger partial charge in [-0.3, -0.25) is 4.90 Å². The summed E-state index contributed by atoms with van der Waals surface area (Å²) in [5.41, 5.74) is 8.23. The quantitative estimate of drug-likeness (QED) is 0.936. The van der Waals surface area contributed by atoms with E-state index in [0.717, 1.165) is 36.8 Å². The summed E-state index contributed by atoms with van der Waals surface area (Å²) in [5.74, 6) is 1.38. The number of methoxy groups -OCH3 is 1. The lowest BCUT2D eigenvalue weighted by Gasteiger charge is -2.17. The van der Waals surface area contributed by atoms with Gasteiger partial charge in [0.25, 0.3) is 0 Å². The van der Waals surface area contributed by atoms with Gasteiger partial charge in [0.1, 0.15) is 11.4 Å². The maximum absolute atomic E-state index is 6.11. The average molecular weight is 323 g/mol. The van der Waals surface area contributed by atoms with Gasteiger partial charge in [0.2, 0.25) is 0 Å². The van der Waals surface area contributed by atoms with Gasteiger partial charge in [-0.25, -0.2) is 4.68 Å². The SMILES string of the molecule is COc1ccccc1-n1nccc1CN1CC(C)C(N)C1.Cl. The first-order valence-electron chi connectivity index (χ1n) is 7.33. The van der Waals surface area contributed by atoms with Crippen molar-refractivity contribution < 1.29 is 4.74 Å². The van der Waals surface area contributed by atoms with Crippen molar-refractivity contribution in [3.8, 4) is 11.4 Å². The molecule has 22 heavy (non-hydrogen) atoms. The van der Waals surface area contributed by atoms with Crippen molar-refractivity contribution >= 4 is 12.4 Å². The third-order valence-corrected chi connectivity index (χ3v) is 4.17. The van der Waals surface area contributed by atoms with Gasteiger partial charge in [-0.15, -0.1) is 12.4 Å². The molecule has 0 amide bonds. The van der Waals surface area contributed by atoms with Crippen LogP contribution in [0.4, 0.5) is 0 Å². The Morgan fingerprint density at radius 2 is 2.05 bits per heavy atom. The minimum absolute atomic E-state index is 0. The van der Waals surface area contributed by atoms with Gasteiger partial charge in [-0.2, -0.15) is 5.10 Å². The fourth-order valence-electron chi connectivity index (χ4n) is 2.93. The summed E-state index contributed by atoms with van der Waals surface area (Å²) in [6, 6.07) is 10.3. The van der Waals surface area contributed by atoms with Crippen LogP contribution in [-0.2, 0) is 6.54 Å². The Kier molecular flexibility index (Phi) is 5.45. The number of rotatable bonds is 4. The molecule has 0 saturated carbocycles. The summed E-state index contributed by atoms with van der Waals surface area (Å²) in [6.07, 6.45) is 1.83. The summed E-state index contributed by atoms with van der Waals surface area (Å²) < 4.78 is 7.39. The molecular weight excluding hydrogens is 300 g/mol. The number of hydrogen-bond acceptors (Lipinski definition) is 4. The molecule has 1 aromatic carbocycles. The van der Waals surface area contributed by atoms with E-state index in [2.05, 4.69) is 23.0 Å². The number of nitrogens with two attached hydrogens (primary N) is 1. The van der Waals surface area contributed by atoms with E-state index in [1.54, 1.807) is 7.11 Å². The zero-order chi connectivity index (χ0) is 14.8. The lowest BCUT2D eigenvalue weighted by Crippen LogP contribution is -2.28. The van der Waals surface area contributed by atoms with Gasteiger partial charge < -0.3 is 10.5 Å². The Balaban J connectivity index is 0.00000176. The predicted molar refractivity (Wildman–Crippen MR) is 89.8 cm³/mol. The van der Waals surface area contributed by atoms with Crippen LogP contribution in [0.25, 0.3) is 5.69 Å². The van der Waals surface area contributed by atoms with E-state index in [0.29, 0.717) is 5.92 Å². The highest BCUT2D eigenvalue weighted by Gasteiger charge is 2.27. The van der Waals surface area contributed by atoms with E-state index in [1.165, 1.54) is 0 Å². The molecule has 3 rings (SSSR count). The number of ether oxygens (including phenoxy) is 1. The van der Waals surface area contributed by atoms with Gasteiger partial charge in [0, 0.05) is 31.9 Å². The second kappa shape index (κ2) is 7.13. The Hall–Kier alpha value is -1.56. The van der Waals surface area contributed by atoms with Crippen LogP contribution in [0.15, 0.2) is 36.5 Å². The van der Waals surface area contributed by atoms with Crippen LogP contribution in [0.2, 0.25) is 0 Å². The third-order valence-electron chi connectivity index (χ3n) is 4.17. The first-order valence-corrected chi connectivity index (χ1v) is 7.33. The summed E-state index contributed by atoms with van der Waals surface area (Å²) >= 11 is 0. The van der Waals surface area contributed by atoms with Crippen LogP contribution in [-0.4, -0.2) is 40.9 Å². The summed E-state index contributed by atoms with van der Waals surface area (Å²) in [7, 11) is 1.68. The molecule has 2 atom stereocenters. The maximum atomic E-state index is 6.11. The Morgan fingerprint density at radius 1 is 1.27 bits per heavy atom. The average Bonchev–Trinajstić information content (AvgIpc) is 3.06. The van der Waals surface area contributed by atoms with E-state index in [-0.39, 0.29) is 18.4 Å². The molecule has 0 bridgehead atoms. The Bertz CT molecular complexity index is 606.